The molecule has 1 aromatic heterocycles. The van der Waals surface area contributed by atoms with Crippen molar-refractivity contribution in [2.75, 3.05) is 30.3 Å². The van der Waals surface area contributed by atoms with Gasteiger partial charge in [-0.05, 0) is 12.3 Å². The summed E-state index contributed by atoms with van der Waals surface area (Å²) in [6, 6.07) is 0. The first-order valence-corrected chi connectivity index (χ1v) is 6.16. The minimum Gasteiger partial charge on any atom is -0.396 e. The second-order valence-corrected chi connectivity index (χ2v) is 4.39. The van der Waals surface area contributed by atoms with E-state index in [0.29, 0.717) is 23.3 Å². The van der Waals surface area contributed by atoms with Crippen LogP contribution in [0, 0.1) is 5.92 Å². The third kappa shape index (κ3) is 4.75. The monoisotopic (exact) mass is 258 g/mol. The number of aliphatic hydroxyl groups excluding tert-OH is 1. The van der Waals surface area contributed by atoms with Gasteiger partial charge in [-0.2, -0.15) is 4.98 Å². The van der Waals surface area contributed by atoms with E-state index in [1.807, 2.05) is 6.92 Å². The maximum atomic E-state index is 8.93. The molecule has 1 rings (SSSR count). The van der Waals surface area contributed by atoms with Gasteiger partial charge >= 0.3 is 0 Å². The number of halogens is 1. The molecular formula is C11H19ClN4O. The first-order chi connectivity index (χ1) is 8.17. The molecular weight excluding hydrogens is 240 g/mol. The SMILES string of the molecule is CCCNc1ncc(Cl)c(NCC(C)CO)n1. The van der Waals surface area contributed by atoms with E-state index in [4.69, 9.17) is 16.7 Å². The molecule has 0 saturated carbocycles. The van der Waals surface area contributed by atoms with Gasteiger partial charge in [0.25, 0.3) is 0 Å². The van der Waals surface area contributed by atoms with Gasteiger partial charge in [0.1, 0.15) is 10.8 Å². The second-order valence-electron chi connectivity index (χ2n) is 3.99. The number of anilines is 2. The standard InChI is InChI=1S/C11H19ClN4O/c1-3-4-13-11-15-6-9(12)10(16-11)14-5-8(2)7-17/h6,8,17H,3-5,7H2,1-2H3,(H2,13,14,15,16). The van der Waals surface area contributed by atoms with Crippen molar-refractivity contribution in [1.82, 2.24) is 9.97 Å². The zero-order valence-electron chi connectivity index (χ0n) is 10.2. The average Bonchev–Trinajstić information content (AvgIpc) is 2.35. The van der Waals surface area contributed by atoms with Gasteiger partial charge in [0.15, 0.2) is 0 Å². The molecule has 0 saturated heterocycles. The van der Waals surface area contributed by atoms with Gasteiger partial charge in [-0.25, -0.2) is 4.98 Å². The molecule has 0 radical (unpaired) electrons. The van der Waals surface area contributed by atoms with Crippen LogP contribution in [0.15, 0.2) is 6.20 Å². The largest absolute Gasteiger partial charge is 0.396 e. The van der Waals surface area contributed by atoms with Gasteiger partial charge in [0.2, 0.25) is 5.95 Å². The number of hydrogen-bond donors (Lipinski definition) is 3. The van der Waals surface area contributed by atoms with Crippen LogP contribution in [-0.4, -0.2) is 34.8 Å². The van der Waals surface area contributed by atoms with Gasteiger partial charge in [0, 0.05) is 19.7 Å². The number of nitrogens with zero attached hydrogens (tertiary/aromatic N) is 2. The highest BCUT2D eigenvalue weighted by molar-refractivity contribution is 6.32. The van der Waals surface area contributed by atoms with Crippen molar-refractivity contribution in [2.24, 2.45) is 5.92 Å². The summed E-state index contributed by atoms with van der Waals surface area (Å²) in [5.41, 5.74) is 0. The topological polar surface area (TPSA) is 70.1 Å². The van der Waals surface area contributed by atoms with E-state index in [9.17, 15) is 0 Å². The van der Waals surface area contributed by atoms with Gasteiger partial charge in [-0.3, -0.25) is 0 Å². The number of nitrogens with one attached hydrogen (secondary N) is 2. The van der Waals surface area contributed by atoms with E-state index < -0.39 is 0 Å². The van der Waals surface area contributed by atoms with Crippen LogP contribution < -0.4 is 10.6 Å². The Morgan fingerprint density at radius 2 is 2.24 bits per heavy atom. The Hall–Kier alpha value is -1.07. The van der Waals surface area contributed by atoms with Crippen LogP contribution in [0.25, 0.3) is 0 Å². The molecule has 0 spiro atoms. The van der Waals surface area contributed by atoms with Gasteiger partial charge < -0.3 is 15.7 Å². The van der Waals surface area contributed by atoms with Crippen molar-refractivity contribution in [3.05, 3.63) is 11.2 Å². The Bertz CT molecular complexity index is 348. The molecule has 0 aliphatic carbocycles. The molecule has 0 fully saturated rings. The van der Waals surface area contributed by atoms with Crippen molar-refractivity contribution in [3.63, 3.8) is 0 Å². The number of aliphatic hydroxyl groups is 1. The summed E-state index contributed by atoms with van der Waals surface area (Å²) in [5, 5.41) is 15.6. The van der Waals surface area contributed by atoms with Gasteiger partial charge in [-0.15, -0.1) is 0 Å². The lowest BCUT2D eigenvalue weighted by atomic mass is 10.2. The molecule has 96 valence electrons. The predicted molar refractivity (Wildman–Crippen MR) is 70.6 cm³/mol. The van der Waals surface area contributed by atoms with Crippen LogP contribution in [-0.2, 0) is 0 Å². The summed E-state index contributed by atoms with van der Waals surface area (Å²) >= 11 is 5.98. The first kappa shape index (κ1) is 14.0. The average molecular weight is 259 g/mol. The smallest absolute Gasteiger partial charge is 0.224 e. The van der Waals surface area contributed by atoms with E-state index in [2.05, 4.69) is 27.5 Å². The number of hydrogen-bond acceptors (Lipinski definition) is 5. The van der Waals surface area contributed by atoms with Crippen LogP contribution >= 0.6 is 11.6 Å². The predicted octanol–water partition coefficient (Wildman–Crippen LogP) is 1.99. The van der Waals surface area contributed by atoms with E-state index in [1.54, 1.807) is 6.20 Å². The van der Waals surface area contributed by atoms with Crippen molar-refractivity contribution in [3.8, 4) is 0 Å². The molecule has 0 aromatic carbocycles. The molecule has 1 heterocycles. The van der Waals surface area contributed by atoms with Crippen LogP contribution in [0.5, 0.6) is 0 Å². The molecule has 0 aliphatic heterocycles. The molecule has 1 atom stereocenters. The highest BCUT2D eigenvalue weighted by atomic mass is 35.5. The Morgan fingerprint density at radius 3 is 2.88 bits per heavy atom. The third-order valence-electron chi connectivity index (χ3n) is 2.21. The van der Waals surface area contributed by atoms with E-state index in [-0.39, 0.29) is 12.5 Å². The molecule has 17 heavy (non-hydrogen) atoms. The number of aromatic nitrogens is 2. The van der Waals surface area contributed by atoms with Crippen molar-refractivity contribution in [1.29, 1.82) is 0 Å². The quantitative estimate of drug-likeness (QED) is 0.698. The maximum absolute atomic E-state index is 8.93. The summed E-state index contributed by atoms with van der Waals surface area (Å²) in [7, 11) is 0. The highest BCUT2D eigenvalue weighted by Crippen LogP contribution is 2.19. The number of rotatable bonds is 7. The van der Waals surface area contributed by atoms with E-state index in [0.717, 1.165) is 13.0 Å². The van der Waals surface area contributed by atoms with Crippen molar-refractivity contribution in [2.45, 2.75) is 20.3 Å². The van der Waals surface area contributed by atoms with Crippen molar-refractivity contribution < 1.29 is 5.11 Å². The van der Waals surface area contributed by atoms with Crippen LogP contribution in [0.1, 0.15) is 20.3 Å². The molecule has 1 aromatic rings. The van der Waals surface area contributed by atoms with Gasteiger partial charge in [0.05, 0.1) is 6.20 Å². The van der Waals surface area contributed by atoms with E-state index in [1.165, 1.54) is 0 Å². The minimum atomic E-state index is 0.136. The third-order valence-corrected chi connectivity index (χ3v) is 2.48. The zero-order chi connectivity index (χ0) is 12.7. The summed E-state index contributed by atoms with van der Waals surface area (Å²) in [6.45, 7) is 5.61. The minimum absolute atomic E-state index is 0.136. The first-order valence-electron chi connectivity index (χ1n) is 5.78. The second kappa shape index (κ2) is 7.29. The normalized spacial score (nSPS) is 12.2. The van der Waals surface area contributed by atoms with Gasteiger partial charge in [-0.1, -0.05) is 25.4 Å². The lowest BCUT2D eigenvalue weighted by Gasteiger charge is -2.12. The molecule has 5 nitrogen and oxygen atoms in total. The molecule has 0 aliphatic rings. The zero-order valence-corrected chi connectivity index (χ0v) is 11.0. The fourth-order valence-corrected chi connectivity index (χ4v) is 1.31. The maximum Gasteiger partial charge on any atom is 0.224 e. The van der Waals surface area contributed by atoms with Crippen molar-refractivity contribution >= 4 is 23.4 Å². The lowest BCUT2D eigenvalue weighted by molar-refractivity contribution is 0.244. The molecule has 1 unspecified atom stereocenters. The van der Waals surface area contributed by atoms with E-state index >= 15 is 0 Å². The molecule has 3 N–H and O–H groups in total. The van der Waals surface area contributed by atoms with Crippen LogP contribution in [0.3, 0.4) is 0 Å². The van der Waals surface area contributed by atoms with Crippen LogP contribution in [0.4, 0.5) is 11.8 Å². The Morgan fingerprint density at radius 1 is 1.47 bits per heavy atom. The fraction of sp³-hybridized carbons (Fsp3) is 0.636. The molecule has 0 bridgehead atoms. The molecule has 6 heteroatoms. The Kier molecular flexibility index (Phi) is 6.00. The Labute approximate surface area is 107 Å². The Balaban J connectivity index is 2.62. The molecule has 0 amide bonds. The fourth-order valence-electron chi connectivity index (χ4n) is 1.15. The highest BCUT2D eigenvalue weighted by Gasteiger charge is 2.06. The summed E-state index contributed by atoms with van der Waals surface area (Å²) in [4.78, 5) is 8.35. The summed E-state index contributed by atoms with van der Waals surface area (Å²) < 4.78 is 0. The lowest BCUT2D eigenvalue weighted by Crippen LogP contribution is -2.16. The summed E-state index contributed by atoms with van der Waals surface area (Å²) in [5.74, 6) is 1.32. The summed E-state index contributed by atoms with van der Waals surface area (Å²) in [6.07, 6.45) is 2.58. The van der Waals surface area contributed by atoms with Crippen LogP contribution in [0.2, 0.25) is 5.02 Å².